The maximum Gasteiger partial charge on any atom is 0.522 e. The van der Waals surface area contributed by atoms with E-state index in [9.17, 15) is 13.2 Å². The van der Waals surface area contributed by atoms with Crippen molar-refractivity contribution in [3.05, 3.63) is 0 Å². The minimum Gasteiger partial charge on any atom is -0.374 e. The average Bonchev–Trinajstić information content (AvgIpc) is 2.37. The summed E-state index contributed by atoms with van der Waals surface area (Å²) in [6, 6.07) is -0.0617. The molecular weight excluding hydrogens is 223 g/mol. The first-order valence-corrected chi connectivity index (χ1v) is 5.57. The van der Waals surface area contributed by atoms with Crippen LogP contribution in [0.1, 0.15) is 32.1 Å². The molecule has 2 unspecified atom stereocenters. The zero-order valence-corrected chi connectivity index (χ0v) is 9.13. The van der Waals surface area contributed by atoms with E-state index in [1.165, 1.54) is 0 Å². The fourth-order valence-corrected chi connectivity index (χ4v) is 1.87. The quantitative estimate of drug-likeness (QED) is 0.606. The zero-order chi connectivity index (χ0) is 12.0. The van der Waals surface area contributed by atoms with Crippen molar-refractivity contribution < 1.29 is 22.6 Å². The number of hydrogen-bond donors (Lipinski definition) is 1. The molecule has 1 aliphatic rings. The summed E-state index contributed by atoms with van der Waals surface area (Å²) in [5, 5.41) is 0. The van der Waals surface area contributed by atoms with Crippen molar-refractivity contribution in [3.63, 3.8) is 0 Å². The van der Waals surface area contributed by atoms with E-state index in [4.69, 9.17) is 10.5 Å². The summed E-state index contributed by atoms with van der Waals surface area (Å²) in [4.78, 5) is 0. The third-order valence-electron chi connectivity index (χ3n) is 2.68. The second-order valence-corrected chi connectivity index (χ2v) is 4.01. The van der Waals surface area contributed by atoms with Gasteiger partial charge in [0, 0.05) is 6.04 Å². The van der Waals surface area contributed by atoms with Crippen LogP contribution in [0.3, 0.4) is 0 Å². The van der Waals surface area contributed by atoms with Gasteiger partial charge in [-0.1, -0.05) is 19.3 Å². The van der Waals surface area contributed by atoms with Gasteiger partial charge in [-0.2, -0.15) is 0 Å². The minimum absolute atomic E-state index is 0.0577. The molecule has 0 aliphatic heterocycles. The Morgan fingerprint density at radius 2 is 1.75 bits per heavy atom. The van der Waals surface area contributed by atoms with Gasteiger partial charge in [-0.15, -0.1) is 13.2 Å². The van der Waals surface area contributed by atoms with E-state index >= 15 is 0 Å². The first kappa shape index (κ1) is 13.7. The van der Waals surface area contributed by atoms with Crippen LogP contribution in [0.4, 0.5) is 13.2 Å². The van der Waals surface area contributed by atoms with Crippen LogP contribution in [-0.2, 0) is 9.47 Å². The summed E-state index contributed by atoms with van der Waals surface area (Å²) in [5.74, 6) is 0. The molecule has 2 atom stereocenters. The molecule has 0 saturated heterocycles. The summed E-state index contributed by atoms with van der Waals surface area (Å²) >= 11 is 0. The fraction of sp³-hybridized carbons (Fsp3) is 1.00. The summed E-state index contributed by atoms with van der Waals surface area (Å²) in [6.07, 6.45) is 0.220. The van der Waals surface area contributed by atoms with Crippen molar-refractivity contribution in [3.8, 4) is 0 Å². The van der Waals surface area contributed by atoms with Gasteiger partial charge < -0.3 is 10.5 Å². The number of ether oxygens (including phenoxy) is 2. The lowest BCUT2D eigenvalue weighted by atomic mass is 10.1. The monoisotopic (exact) mass is 241 g/mol. The van der Waals surface area contributed by atoms with Crippen molar-refractivity contribution in [1.29, 1.82) is 0 Å². The third kappa shape index (κ3) is 5.67. The van der Waals surface area contributed by atoms with Gasteiger partial charge in [0.25, 0.3) is 0 Å². The molecule has 0 radical (unpaired) electrons. The number of alkyl halides is 3. The molecule has 1 rings (SSSR count). The van der Waals surface area contributed by atoms with E-state index in [0.717, 1.165) is 32.1 Å². The van der Waals surface area contributed by atoms with Gasteiger partial charge >= 0.3 is 6.36 Å². The van der Waals surface area contributed by atoms with Crippen LogP contribution < -0.4 is 5.73 Å². The average molecular weight is 241 g/mol. The van der Waals surface area contributed by atoms with Gasteiger partial charge in [0.2, 0.25) is 0 Å². The van der Waals surface area contributed by atoms with Gasteiger partial charge in [-0.25, -0.2) is 0 Å². The lowest BCUT2D eigenvalue weighted by Crippen LogP contribution is -2.36. The molecule has 1 aliphatic carbocycles. The Kier molecular flexibility index (Phi) is 5.51. The Bertz CT molecular complexity index is 199. The molecule has 16 heavy (non-hydrogen) atoms. The standard InChI is InChI=1S/C10H18F3NO2/c11-10(12,13)16-7-6-15-9-5-3-1-2-4-8(9)14/h8-9H,1-7,14H2. The van der Waals surface area contributed by atoms with Gasteiger partial charge in [0.05, 0.1) is 19.3 Å². The van der Waals surface area contributed by atoms with Gasteiger partial charge in [0.15, 0.2) is 0 Å². The van der Waals surface area contributed by atoms with E-state index in [0.29, 0.717) is 0 Å². The number of rotatable bonds is 4. The van der Waals surface area contributed by atoms with Gasteiger partial charge in [-0.3, -0.25) is 4.74 Å². The molecule has 0 aromatic carbocycles. The van der Waals surface area contributed by atoms with E-state index in [1.54, 1.807) is 0 Å². The van der Waals surface area contributed by atoms with E-state index in [1.807, 2.05) is 0 Å². The first-order chi connectivity index (χ1) is 7.49. The van der Waals surface area contributed by atoms with Crippen LogP contribution >= 0.6 is 0 Å². The van der Waals surface area contributed by atoms with E-state index in [2.05, 4.69) is 4.74 Å². The summed E-state index contributed by atoms with van der Waals surface area (Å²) in [7, 11) is 0. The highest BCUT2D eigenvalue weighted by Gasteiger charge is 2.29. The van der Waals surface area contributed by atoms with E-state index < -0.39 is 13.0 Å². The normalized spacial score (nSPS) is 27.8. The van der Waals surface area contributed by atoms with Crippen molar-refractivity contribution >= 4 is 0 Å². The highest BCUT2D eigenvalue weighted by molar-refractivity contribution is 4.76. The first-order valence-electron chi connectivity index (χ1n) is 5.57. The molecule has 6 heteroatoms. The Labute approximate surface area is 93.1 Å². The molecule has 0 aromatic rings. The molecule has 96 valence electrons. The maximum atomic E-state index is 11.7. The highest BCUT2D eigenvalue weighted by Crippen LogP contribution is 2.20. The number of halogens is 3. The second kappa shape index (κ2) is 6.42. The van der Waals surface area contributed by atoms with Crippen molar-refractivity contribution in [2.75, 3.05) is 13.2 Å². The summed E-state index contributed by atoms with van der Waals surface area (Å²) in [6.45, 7) is -0.523. The molecule has 1 fully saturated rings. The summed E-state index contributed by atoms with van der Waals surface area (Å²) in [5.41, 5.74) is 5.86. The molecule has 2 N–H and O–H groups in total. The molecule has 0 aromatic heterocycles. The smallest absolute Gasteiger partial charge is 0.374 e. The van der Waals surface area contributed by atoms with Crippen LogP contribution in [-0.4, -0.2) is 31.7 Å². The zero-order valence-electron chi connectivity index (χ0n) is 9.13. The van der Waals surface area contributed by atoms with Crippen molar-refractivity contribution in [2.45, 2.75) is 50.6 Å². The van der Waals surface area contributed by atoms with Crippen LogP contribution in [0.15, 0.2) is 0 Å². The predicted molar refractivity (Wildman–Crippen MR) is 52.8 cm³/mol. The van der Waals surface area contributed by atoms with Crippen molar-refractivity contribution in [1.82, 2.24) is 0 Å². The lowest BCUT2D eigenvalue weighted by molar-refractivity contribution is -0.327. The Balaban J connectivity index is 2.15. The fourth-order valence-electron chi connectivity index (χ4n) is 1.87. The SMILES string of the molecule is NC1CCCCCC1OCCOC(F)(F)F. The molecular formula is C10H18F3NO2. The van der Waals surface area contributed by atoms with Gasteiger partial charge in [-0.05, 0) is 12.8 Å². The third-order valence-corrected chi connectivity index (χ3v) is 2.68. The Morgan fingerprint density at radius 1 is 1.06 bits per heavy atom. The highest BCUT2D eigenvalue weighted by atomic mass is 19.4. The minimum atomic E-state index is -4.57. The maximum absolute atomic E-state index is 11.7. The van der Waals surface area contributed by atoms with Crippen LogP contribution in [0, 0.1) is 0 Å². The molecule has 1 saturated carbocycles. The molecule has 3 nitrogen and oxygen atoms in total. The molecule has 0 amide bonds. The number of nitrogens with two attached hydrogens (primary N) is 1. The van der Waals surface area contributed by atoms with Crippen molar-refractivity contribution in [2.24, 2.45) is 5.73 Å². The molecule has 0 bridgehead atoms. The Morgan fingerprint density at radius 3 is 2.44 bits per heavy atom. The topological polar surface area (TPSA) is 44.5 Å². The lowest BCUT2D eigenvalue weighted by Gasteiger charge is -2.21. The predicted octanol–water partition coefficient (Wildman–Crippen LogP) is 2.20. The molecule has 0 heterocycles. The van der Waals surface area contributed by atoms with Crippen LogP contribution in [0.25, 0.3) is 0 Å². The van der Waals surface area contributed by atoms with Crippen LogP contribution in [0.5, 0.6) is 0 Å². The molecule has 0 spiro atoms. The van der Waals surface area contributed by atoms with E-state index in [-0.39, 0.29) is 18.8 Å². The number of hydrogen-bond acceptors (Lipinski definition) is 3. The van der Waals surface area contributed by atoms with Crippen LogP contribution in [0.2, 0.25) is 0 Å². The van der Waals surface area contributed by atoms with Gasteiger partial charge in [0.1, 0.15) is 0 Å². The largest absolute Gasteiger partial charge is 0.522 e. The summed E-state index contributed by atoms with van der Waals surface area (Å²) < 4.78 is 43.9. The Hall–Kier alpha value is -0.330. The second-order valence-electron chi connectivity index (χ2n) is 4.01.